The van der Waals surface area contributed by atoms with Crippen molar-refractivity contribution in [1.29, 1.82) is 0 Å². The number of fused-ring (bicyclic) bond motifs is 2. The number of nitrogens with one attached hydrogen (secondary N) is 2. The van der Waals surface area contributed by atoms with Gasteiger partial charge in [-0.3, -0.25) is 9.59 Å². The van der Waals surface area contributed by atoms with Crippen molar-refractivity contribution in [3.63, 3.8) is 0 Å². The smallest absolute Gasteiger partial charge is 0.243 e. The van der Waals surface area contributed by atoms with Crippen molar-refractivity contribution in [2.75, 3.05) is 5.32 Å². The molecule has 5 heteroatoms. The minimum atomic E-state index is 0.0278. The number of rotatable bonds is 3. The summed E-state index contributed by atoms with van der Waals surface area (Å²) in [6, 6.07) is 6.22. The number of hydrogen-bond acceptors (Lipinski definition) is 3. The van der Waals surface area contributed by atoms with Crippen LogP contribution in [0, 0.1) is 17.8 Å². The van der Waals surface area contributed by atoms with Gasteiger partial charge in [-0.2, -0.15) is 5.10 Å². The van der Waals surface area contributed by atoms with E-state index in [2.05, 4.69) is 35.8 Å². The van der Waals surface area contributed by atoms with Crippen LogP contribution in [0.5, 0.6) is 0 Å². The maximum absolute atomic E-state index is 12.3. The van der Waals surface area contributed by atoms with Gasteiger partial charge in [0.2, 0.25) is 11.8 Å². The lowest BCUT2D eigenvalue weighted by Crippen LogP contribution is -2.39. The monoisotopic (exact) mass is 339 g/mol. The summed E-state index contributed by atoms with van der Waals surface area (Å²) in [5.41, 5.74) is 6.93. The summed E-state index contributed by atoms with van der Waals surface area (Å²) in [6.07, 6.45) is 4.84. The molecule has 0 aromatic heterocycles. The molecule has 3 aliphatic rings. The molecule has 2 heterocycles. The molecule has 4 unspecified atom stereocenters. The topological polar surface area (TPSA) is 70.6 Å². The highest BCUT2D eigenvalue weighted by Gasteiger charge is 2.40. The van der Waals surface area contributed by atoms with Crippen LogP contribution in [-0.4, -0.2) is 17.5 Å². The van der Waals surface area contributed by atoms with Gasteiger partial charge in [0.05, 0.1) is 5.71 Å². The summed E-state index contributed by atoms with van der Waals surface area (Å²) in [6.45, 7) is 4.22. The predicted octanol–water partition coefficient (Wildman–Crippen LogP) is 3.41. The Morgan fingerprint density at radius 3 is 2.56 bits per heavy atom. The van der Waals surface area contributed by atoms with Crippen LogP contribution < -0.4 is 10.7 Å². The molecule has 1 saturated carbocycles. The van der Waals surface area contributed by atoms with Crippen molar-refractivity contribution in [3.8, 4) is 0 Å². The standard InChI is InChI=1S/C20H25N3O2/c1-3-12-13(4-2)19(24)21-17-9-8-11(10-16(12)17)18-14-6-5-7-15(14)20(25)23-22-18/h8-10,12-15H,3-7H2,1-2H3,(H,21,24)(H,23,25). The Morgan fingerprint density at radius 2 is 1.80 bits per heavy atom. The third kappa shape index (κ3) is 2.57. The summed E-state index contributed by atoms with van der Waals surface area (Å²) >= 11 is 0. The lowest BCUT2D eigenvalue weighted by atomic mass is 9.77. The van der Waals surface area contributed by atoms with Gasteiger partial charge >= 0.3 is 0 Å². The molecule has 0 radical (unpaired) electrons. The van der Waals surface area contributed by atoms with Crippen molar-refractivity contribution in [2.45, 2.75) is 51.9 Å². The first kappa shape index (κ1) is 16.3. The normalized spacial score (nSPS) is 30.9. The Kier molecular flexibility index (Phi) is 4.10. The molecular formula is C20H25N3O2. The number of carbonyl (C=O) groups excluding carboxylic acids is 2. The van der Waals surface area contributed by atoms with E-state index in [9.17, 15) is 9.59 Å². The summed E-state index contributed by atoms with van der Waals surface area (Å²) in [4.78, 5) is 24.4. The number of benzene rings is 1. The molecule has 1 aromatic carbocycles. The molecule has 25 heavy (non-hydrogen) atoms. The first-order valence-electron chi connectivity index (χ1n) is 9.46. The van der Waals surface area contributed by atoms with Crippen LogP contribution in [0.3, 0.4) is 0 Å². The summed E-state index contributed by atoms with van der Waals surface area (Å²) in [5.74, 6) is 0.758. The number of amides is 2. The molecule has 2 amide bonds. The Hall–Kier alpha value is -2.17. The van der Waals surface area contributed by atoms with E-state index < -0.39 is 0 Å². The molecule has 1 fully saturated rings. The Balaban J connectivity index is 1.74. The molecule has 1 aliphatic carbocycles. The highest BCUT2D eigenvalue weighted by Crippen LogP contribution is 2.42. The summed E-state index contributed by atoms with van der Waals surface area (Å²) in [5, 5.41) is 7.47. The van der Waals surface area contributed by atoms with Crippen LogP contribution in [0.1, 0.15) is 63.0 Å². The van der Waals surface area contributed by atoms with Gasteiger partial charge in [0, 0.05) is 23.4 Å². The molecule has 0 bridgehead atoms. The summed E-state index contributed by atoms with van der Waals surface area (Å²) in [7, 11) is 0. The van der Waals surface area contributed by atoms with E-state index in [1.807, 2.05) is 12.1 Å². The van der Waals surface area contributed by atoms with Crippen LogP contribution in [0.25, 0.3) is 0 Å². The van der Waals surface area contributed by atoms with Gasteiger partial charge in [0.1, 0.15) is 0 Å². The Bertz CT molecular complexity index is 755. The molecule has 0 saturated heterocycles. The van der Waals surface area contributed by atoms with Gasteiger partial charge in [0.15, 0.2) is 0 Å². The fourth-order valence-corrected chi connectivity index (χ4v) is 4.90. The van der Waals surface area contributed by atoms with Crippen LogP contribution in [-0.2, 0) is 9.59 Å². The van der Waals surface area contributed by atoms with Gasteiger partial charge in [-0.15, -0.1) is 0 Å². The average Bonchev–Trinajstić information content (AvgIpc) is 3.11. The molecule has 0 spiro atoms. The van der Waals surface area contributed by atoms with Gasteiger partial charge in [-0.25, -0.2) is 5.43 Å². The van der Waals surface area contributed by atoms with Gasteiger partial charge in [-0.1, -0.05) is 26.3 Å². The van der Waals surface area contributed by atoms with Gasteiger partial charge in [0.25, 0.3) is 0 Å². The molecule has 4 rings (SSSR count). The molecule has 2 N–H and O–H groups in total. The van der Waals surface area contributed by atoms with E-state index in [-0.39, 0.29) is 35.5 Å². The van der Waals surface area contributed by atoms with Crippen molar-refractivity contribution in [2.24, 2.45) is 22.9 Å². The molecule has 1 aromatic rings. The first-order valence-corrected chi connectivity index (χ1v) is 9.46. The Morgan fingerprint density at radius 1 is 1.04 bits per heavy atom. The van der Waals surface area contributed by atoms with Crippen LogP contribution >= 0.6 is 0 Å². The van der Waals surface area contributed by atoms with E-state index in [0.29, 0.717) is 0 Å². The maximum Gasteiger partial charge on any atom is 0.243 e. The second kappa shape index (κ2) is 6.28. The van der Waals surface area contributed by atoms with Crippen LogP contribution in [0.2, 0.25) is 0 Å². The quantitative estimate of drug-likeness (QED) is 0.886. The number of carbonyl (C=O) groups is 2. The van der Waals surface area contributed by atoms with E-state index in [1.165, 1.54) is 5.56 Å². The SMILES string of the molecule is CCC1C(=O)Nc2ccc(C3=NNC(=O)C4CCCC34)cc2C1CC. The first-order chi connectivity index (χ1) is 12.1. The second-order valence-corrected chi connectivity index (χ2v) is 7.44. The number of nitrogens with zero attached hydrogens (tertiary/aromatic N) is 1. The third-order valence-electron chi connectivity index (χ3n) is 6.20. The molecular weight excluding hydrogens is 314 g/mol. The lowest BCUT2D eigenvalue weighted by Gasteiger charge is -2.33. The highest BCUT2D eigenvalue weighted by atomic mass is 16.2. The number of hydrogen-bond donors (Lipinski definition) is 2. The zero-order chi connectivity index (χ0) is 17.6. The van der Waals surface area contributed by atoms with Gasteiger partial charge in [-0.05, 0) is 54.9 Å². The molecule has 132 valence electrons. The predicted molar refractivity (Wildman–Crippen MR) is 97.4 cm³/mol. The average molecular weight is 339 g/mol. The lowest BCUT2D eigenvalue weighted by molar-refractivity contribution is -0.126. The fraction of sp³-hybridized carbons (Fsp3) is 0.550. The highest BCUT2D eigenvalue weighted by molar-refractivity contribution is 6.07. The van der Waals surface area contributed by atoms with Crippen LogP contribution in [0.15, 0.2) is 23.3 Å². The van der Waals surface area contributed by atoms with E-state index in [0.717, 1.165) is 49.1 Å². The zero-order valence-electron chi connectivity index (χ0n) is 14.8. The van der Waals surface area contributed by atoms with Crippen molar-refractivity contribution >= 4 is 23.2 Å². The van der Waals surface area contributed by atoms with E-state index in [1.54, 1.807) is 0 Å². The minimum Gasteiger partial charge on any atom is -0.326 e. The van der Waals surface area contributed by atoms with Crippen molar-refractivity contribution < 1.29 is 9.59 Å². The zero-order valence-corrected chi connectivity index (χ0v) is 14.8. The fourth-order valence-electron chi connectivity index (χ4n) is 4.90. The largest absolute Gasteiger partial charge is 0.326 e. The molecule has 5 nitrogen and oxygen atoms in total. The Labute approximate surface area is 148 Å². The number of anilines is 1. The maximum atomic E-state index is 12.3. The second-order valence-electron chi connectivity index (χ2n) is 7.44. The van der Waals surface area contributed by atoms with Crippen LogP contribution in [0.4, 0.5) is 5.69 Å². The summed E-state index contributed by atoms with van der Waals surface area (Å²) < 4.78 is 0. The van der Waals surface area contributed by atoms with Gasteiger partial charge < -0.3 is 5.32 Å². The van der Waals surface area contributed by atoms with Crippen molar-refractivity contribution in [3.05, 3.63) is 29.3 Å². The molecule has 2 aliphatic heterocycles. The van der Waals surface area contributed by atoms with E-state index in [4.69, 9.17) is 0 Å². The van der Waals surface area contributed by atoms with Crippen molar-refractivity contribution in [1.82, 2.24) is 5.43 Å². The molecule has 4 atom stereocenters. The third-order valence-corrected chi connectivity index (χ3v) is 6.20. The minimum absolute atomic E-state index is 0.0278. The van der Waals surface area contributed by atoms with E-state index >= 15 is 0 Å². The number of hydrazone groups is 1.